The summed E-state index contributed by atoms with van der Waals surface area (Å²) in [7, 11) is 0. The number of anilines is 1. The Morgan fingerprint density at radius 3 is 2.78 bits per heavy atom. The van der Waals surface area contributed by atoms with Gasteiger partial charge in [-0.1, -0.05) is 6.07 Å². The number of carbonyl (C=O) groups is 1. The molecule has 0 bridgehead atoms. The van der Waals surface area contributed by atoms with Gasteiger partial charge in [0, 0.05) is 29.7 Å². The first-order chi connectivity index (χ1) is 8.83. The highest BCUT2D eigenvalue weighted by Gasteiger charge is 2.10. The normalized spacial score (nSPS) is 10.4. The van der Waals surface area contributed by atoms with Crippen LogP contribution in [0.1, 0.15) is 9.67 Å². The predicted molar refractivity (Wildman–Crippen MR) is 71.8 cm³/mol. The fraction of sp³-hybridized carbons (Fsp3) is 0. The maximum atomic E-state index is 12.0. The van der Waals surface area contributed by atoms with E-state index in [2.05, 4.69) is 15.3 Å². The molecule has 0 aromatic carbocycles. The molecule has 0 aliphatic rings. The summed E-state index contributed by atoms with van der Waals surface area (Å²) >= 11 is 1.39. The van der Waals surface area contributed by atoms with Gasteiger partial charge in [0.15, 0.2) is 0 Å². The monoisotopic (exact) mass is 255 g/mol. The molecule has 3 rings (SSSR count). The summed E-state index contributed by atoms with van der Waals surface area (Å²) in [5.74, 6) is -0.121. The van der Waals surface area contributed by atoms with E-state index in [4.69, 9.17) is 0 Å². The molecule has 0 aliphatic heterocycles. The second-order valence-electron chi connectivity index (χ2n) is 3.70. The predicted octanol–water partition coefficient (Wildman–Crippen LogP) is 2.94. The third-order valence-electron chi connectivity index (χ3n) is 2.46. The maximum absolute atomic E-state index is 12.0. The molecule has 3 heterocycles. The zero-order valence-corrected chi connectivity index (χ0v) is 10.1. The molecule has 0 atom stereocenters. The molecule has 0 unspecified atom stereocenters. The van der Waals surface area contributed by atoms with E-state index in [1.807, 2.05) is 18.2 Å². The van der Waals surface area contributed by atoms with Crippen LogP contribution >= 0.6 is 11.3 Å². The van der Waals surface area contributed by atoms with Gasteiger partial charge < -0.3 is 5.32 Å². The Kier molecular flexibility index (Phi) is 2.74. The number of nitrogens with zero attached hydrogens (tertiary/aromatic N) is 2. The average molecular weight is 255 g/mol. The summed E-state index contributed by atoms with van der Waals surface area (Å²) in [6, 6.07) is 9.16. The van der Waals surface area contributed by atoms with E-state index < -0.39 is 0 Å². The second-order valence-corrected chi connectivity index (χ2v) is 4.73. The van der Waals surface area contributed by atoms with Gasteiger partial charge in [-0.15, -0.1) is 11.3 Å². The third-order valence-corrected chi connectivity index (χ3v) is 3.51. The summed E-state index contributed by atoms with van der Waals surface area (Å²) in [6.45, 7) is 0. The Bertz CT molecular complexity index is 661. The van der Waals surface area contributed by atoms with Gasteiger partial charge in [0.2, 0.25) is 0 Å². The third kappa shape index (κ3) is 2.08. The summed E-state index contributed by atoms with van der Waals surface area (Å²) in [4.78, 5) is 21.7. The molecule has 0 spiro atoms. The van der Waals surface area contributed by atoms with Gasteiger partial charge in [-0.2, -0.15) is 0 Å². The topological polar surface area (TPSA) is 54.9 Å². The first kappa shape index (κ1) is 10.9. The Morgan fingerprint density at radius 1 is 1.17 bits per heavy atom. The molecule has 0 saturated heterocycles. The van der Waals surface area contributed by atoms with Crippen molar-refractivity contribution in [2.45, 2.75) is 0 Å². The Hall–Kier alpha value is -2.27. The van der Waals surface area contributed by atoms with Crippen molar-refractivity contribution in [2.24, 2.45) is 0 Å². The highest BCUT2D eigenvalue weighted by Crippen LogP contribution is 2.23. The van der Waals surface area contributed by atoms with Crippen LogP contribution in [0.5, 0.6) is 0 Å². The lowest BCUT2D eigenvalue weighted by molar-refractivity contribution is 0.103. The number of pyridine rings is 2. The number of amides is 1. The van der Waals surface area contributed by atoms with Crippen molar-refractivity contribution in [3.05, 3.63) is 53.8 Å². The summed E-state index contributed by atoms with van der Waals surface area (Å²) in [5.41, 5.74) is 0.736. The quantitative estimate of drug-likeness (QED) is 0.766. The smallest absolute Gasteiger partial charge is 0.265 e. The van der Waals surface area contributed by atoms with Crippen molar-refractivity contribution in [3.63, 3.8) is 0 Å². The zero-order valence-electron chi connectivity index (χ0n) is 9.33. The lowest BCUT2D eigenvalue weighted by Crippen LogP contribution is -2.09. The molecule has 18 heavy (non-hydrogen) atoms. The summed E-state index contributed by atoms with van der Waals surface area (Å²) in [5, 5.41) is 3.81. The van der Waals surface area contributed by atoms with E-state index in [9.17, 15) is 4.79 Å². The van der Waals surface area contributed by atoms with Crippen LogP contribution in [0.15, 0.2) is 48.9 Å². The molecular formula is C13H9N3OS. The SMILES string of the molecule is O=C(Nc1ccncc1)c1cc2cccnc2s1. The number of nitrogens with one attached hydrogen (secondary N) is 1. The first-order valence-electron chi connectivity index (χ1n) is 5.39. The molecule has 4 nitrogen and oxygen atoms in total. The minimum atomic E-state index is -0.121. The number of fused-ring (bicyclic) bond motifs is 1. The van der Waals surface area contributed by atoms with Gasteiger partial charge in [0.05, 0.1) is 4.88 Å². The molecule has 3 aromatic rings. The largest absolute Gasteiger partial charge is 0.321 e. The number of rotatable bonds is 2. The van der Waals surface area contributed by atoms with Crippen molar-refractivity contribution >= 4 is 33.1 Å². The van der Waals surface area contributed by atoms with Crippen LogP contribution in [-0.4, -0.2) is 15.9 Å². The van der Waals surface area contributed by atoms with Gasteiger partial charge in [-0.05, 0) is 24.3 Å². The number of carbonyl (C=O) groups excluding carboxylic acids is 1. The maximum Gasteiger partial charge on any atom is 0.265 e. The number of hydrogen-bond donors (Lipinski definition) is 1. The van der Waals surface area contributed by atoms with E-state index >= 15 is 0 Å². The van der Waals surface area contributed by atoms with Crippen LogP contribution in [0, 0.1) is 0 Å². The van der Waals surface area contributed by atoms with Crippen LogP contribution in [0.3, 0.4) is 0 Å². The van der Waals surface area contributed by atoms with Crippen molar-refractivity contribution in [3.8, 4) is 0 Å². The van der Waals surface area contributed by atoms with Crippen LogP contribution in [0.25, 0.3) is 10.2 Å². The van der Waals surface area contributed by atoms with Crippen molar-refractivity contribution in [1.29, 1.82) is 0 Å². The van der Waals surface area contributed by atoms with Crippen molar-refractivity contribution < 1.29 is 4.79 Å². The van der Waals surface area contributed by atoms with E-state index in [1.165, 1.54) is 11.3 Å². The fourth-order valence-corrected chi connectivity index (χ4v) is 2.51. The number of thiophene rings is 1. The van der Waals surface area contributed by atoms with Crippen LogP contribution in [0.4, 0.5) is 5.69 Å². The lowest BCUT2D eigenvalue weighted by atomic mass is 10.3. The van der Waals surface area contributed by atoms with Crippen LogP contribution in [-0.2, 0) is 0 Å². The minimum absolute atomic E-state index is 0.121. The van der Waals surface area contributed by atoms with Crippen LogP contribution < -0.4 is 5.32 Å². The molecule has 0 fully saturated rings. The van der Waals surface area contributed by atoms with Crippen molar-refractivity contribution in [2.75, 3.05) is 5.32 Å². The average Bonchev–Trinajstić information content (AvgIpc) is 2.84. The molecular weight excluding hydrogens is 246 g/mol. The highest BCUT2D eigenvalue weighted by molar-refractivity contribution is 7.20. The van der Waals surface area contributed by atoms with E-state index in [-0.39, 0.29) is 5.91 Å². The molecule has 1 N–H and O–H groups in total. The molecule has 0 radical (unpaired) electrons. The summed E-state index contributed by atoms with van der Waals surface area (Å²) < 4.78 is 0. The first-order valence-corrected chi connectivity index (χ1v) is 6.20. The molecule has 1 amide bonds. The summed E-state index contributed by atoms with van der Waals surface area (Å²) in [6.07, 6.45) is 5.01. The van der Waals surface area contributed by atoms with Gasteiger partial charge >= 0.3 is 0 Å². The minimum Gasteiger partial charge on any atom is -0.321 e. The number of hydrogen-bond acceptors (Lipinski definition) is 4. The van der Waals surface area contributed by atoms with Gasteiger partial charge in [-0.25, -0.2) is 4.98 Å². The van der Waals surface area contributed by atoms with Crippen LogP contribution in [0.2, 0.25) is 0 Å². The highest BCUT2D eigenvalue weighted by atomic mass is 32.1. The zero-order chi connectivity index (χ0) is 12.4. The molecule has 0 aliphatic carbocycles. The van der Waals surface area contributed by atoms with Gasteiger partial charge in [0.25, 0.3) is 5.91 Å². The van der Waals surface area contributed by atoms with Gasteiger partial charge in [0.1, 0.15) is 4.83 Å². The van der Waals surface area contributed by atoms with E-state index in [1.54, 1.807) is 30.7 Å². The van der Waals surface area contributed by atoms with E-state index in [0.717, 1.165) is 15.9 Å². The number of aromatic nitrogens is 2. The fourth-order valence-electron chi connectivity index (χ4n) is 1.61. The molecule has 3 aromatic heterocycles. The molecule has 0 saturated carbocycles. The Balaban J connectivity index is 1.88. The standard InChI is InChI=1S/C13H9N3OS/c17-12(16-10-3-6-14-7-4-10)11-8-9-2-1-5-15-13(9)18-11/h1-8H,(H,14,16,17). The molecule has 5 heteroatoms. The Morgan fingerprint density at radius 2 is 2.00 bits per heavy atom. The Labute approximate surface area is 107 Å². The van der Waals surface area contributed by atoms with Crippen molar-refractivity contribution in [1.82, 2.24) is 9.97 Å². The second kappa shape index (κ2) is 4.54. The van der Waals surface area contributed by atoms with Gasteiger partial charge in [-0.3, -0.25) is 9.78 Å². The van der Waals surface area contributed by atoms with E-state index in [0.29, 0.717) is 4.88 Å². The lowest BCUT2D eigenvalue weighted by Gasteiger charge is -2.01. The molecule has 88 valence electrons.